The Bertz CT molecular complexity index is 444. The molecule has 1 saturated carbocycles. The number of hydrogen-bond acceptors (Lipinski definition) is 3. The van der Waals surface area contributed by atoms with E-state index >= 15 is 0 Å². The van der Waals surface area contributed by atoms with E-state index in [1.807, 2.05) is 24.8 Å². The van der Waals surface area contributed by atoms with Crippen LogP contribution < -0.4 is 5.32 Å². The van der Waals surface area contributed by atoms with Crippen molar-refractivity contribution in [1.82, 2.24) is 5.32 Å². The molecule has 0 spiro atoms. The lowest BCUT2D eigenvalue weighted by Crippen LogP contribution is -2.41. The van der Waals surface area contributed by atoms with Gasteiger partial charge in [-0.2, -0.15) is 11.8 Å². The summed E-state index contributed by atoms with van der Waals surface area (Å²) in [5.74, 6) is 2.47. The average molecular weight is 321 g/mol. The highest BCUT2D eigenvalue weighted by atomic mass is 32.2. The summed E-state index contributed by atoms with van der Waals surface area (Å²) < 4.78 is 0. The van der Waals surface area contributed by atoms with Crippen molar-refractivity contribution in [3.63, 3.8) is 0 Å². The van der Waals surface area contributed by atoms with Gasteiger partial charge in [0.2, 0.25) is 5.91 Å². The van der Waals surface area contributed by atoms with Gasteiger partial charge in [0.25, 0.3) is 0 Å². The fraction of sp³-hybridized carbons (Fsp3) is 0.611. The van der Waals surface area contributed by atoms with Crippen LogP contribution in [0.25, 0.3) is 0 Å². The Morgan fingerprint density at radius 2 is 1.95 bits per heavy atom. The molecular weight excluding hydrogens is 294 g/mol. The highest BCUT2D eigenvalue weighted by Gasteiger charge is 2.23. The molecular formula is C18H27NO2S. The predicted octanol–water partition coefficient (Wildman–Crippen LogP) is 3.22. The van der Waals surface area contributed by atoms with Crippen molar-refractivity contribution in [2.24, 2.45) is 11.8 Å². The molecule has 0 aliphatic heterocycles. The standard InChI is InChI=1S/C18H27NO2S/c1-14(12-22-13-16-5-3-2-4-6-16)18(21)19-17-9-7-15(11-20)8-10-17/h2-6,14-15,17,20H,7-13H2,1H3,(H,19,21). The van der Waals surface area contributed by atoms with Crippen LogP contribution in [-0.2, 0) is 10.5 Å². The molecule has 4 heteroatoms. The van der Waals surface area contributed by atoms with Crippen molar-refractivity contribution in [2.75, 3.05) is 12.4 Å². The summed E-state index contributed by atoms with van der Waals surface area (Å²) in [5.41, 5.74) is 1.31. The lowest BCUT2D eigenvalue weighted by molar-refractivity contribution is -0.124. The summed E-state index contributed by atoms with van der Waals surface area (Å²) in [5, 5.41) is 12.3. The van der Waals surface area contributed by atoms with Gasteiger partial charge in [0.05, 0.1) is 0 Å². The Labute approximate surface area is 137 Å². The SMILES string of the molecule is CC(CSCc1ccccc1)C(=O)NC1CCC(CO)CC1. The lowest BCUT2D eigenvalue weighted by atomic mass is 9.86. The minimum absolute atomic E-state index is 0.0456. The second kappa shape index (κ2) is 9.21. The Morgan fingerprint density at radius 1 is 1.27 bits per heavy atom. The van der Waals surface area contributed by atoms with Crippen molar-refractivity contribution < 1.29 is 9.90 Å². The predicted molar refractivity (Wildman–Crippen MR) is 92.7 cm³/mol. The molecule has 0 aromatic heterocycles. The van der Waals surface area contributed by atoms with Gasteiger partial charge in [-0.15, -0.1) is 0 Å². The van der Waals surface area contributed by atoms with Crippen molar-refractivity contribution in [2.45, 2.75) is 44.4 Å². The van der Waals surface area contributed by atoms with Crippen LogP contribution in [0.5, 0.6) is 0 Å². The van der Waals surface area contributed by atoms with Gasteiger partial charge in [-0.3, -0.25) is 4.79 Å². The van der Waals surface area contributed by atoms with Gasteiger partial charge >= 0.3 is 0 Å². The first-order valence-corrected chi connectivity index (χ1v) is 9.37. The summed E-state index contributed by atoms with van der Waals surface area (Å²) in [6.07, 6.45) is 4.05. The number of hydrogen-bond donors (Lipinski definition) is 2. The molecule has 122 valence electrons. The zero-order valence-corrected chi connectivity index (χ0v) is 14.1. The number of carbonyl (C=O) groups is 1. The molecule has 2 rings (SSSR count). The minimum atomic E-state index is 0.0456. The van der Waals surface area contributed by atoms with E-state index in [1.165, 1.54) is 5.56 Å². The first-order chi connectivity index (χ1) is 10.7. The number of aliphatic hydroxyl groups excluding tert-OH is 1. The average Bonchev–Trinajstić information content (AvgIpc) is 2.56. The van der Waals surface area contributed by atoms with Crippen molar-refractivity contribution in [3.8, 4) is 0 Å². The molecule has 0 radical (unpaired) electrons. The number of nitrogens with one attached hydrogen (secondary N) is 1. The molecule has 1 atom stereocenters. The zero-order valence-electron chi connectivity index (χ0n) is 13.3. The van der Waals surface area contributed by atoms with Gasteiger partial charge in [-0.1, -0.05) is 37.3 Å². The van der Waals surface area contributed by atoms with E-state index in [2.05, 4.69) is 29.6 Å². The van der Waals surface area contributed by atoms with Gasteiger partial charge in [0, 0.05) is 30.1 Å². The van der Waals surface area contributed by atoms with E-state index in [9.17, 15) is 4.79 Å². The maximum absolute atomic E-state index is 12.2. The molecule has 1 amide bonds. The van der Waals surface area contributed by atoms with E-state index in [-0.39, 0.29) is 18.4 Å². The summed E-state index contributed by atoms with van der Waals surface area (Å²) in [7, 11) is 0. The third kappa shape index (κ3) is 5.65. The summed E-state index contributed by atoms with van der Waals surface area (Å²) in [6.45, 7) is 2.29. The van der Waals surface area contributed by atoms with Crippen molar-refractivity contribution in [1.29, 1.82) is 0 Å². The van der Waals surface area contributed by atoms with Gasteiger partial charge in [-0.25, -0.2) is 0 Å². The van der Waals surface area contributed by atoms with E-state index in [1.54, 1.807) is 0 Å². The van der Waals surface area contributed by atoms with Crippen molar-refractivity contribution in [3.05, 3.63) is 35.9 Å². The lowest BCUT2D eigenvalue weighted by Gasteiger charge is -2.28. The molecule has 1 aromatic carbocycles. The van der Waals surface area contributed by atoms with Gasteiger partial charge in [0.1, 0.15) is 0 Å². The molecule has 0 heterocycles. The van der Waals surface area contributed by atoms with Crippen LogP contribution in [0.2, 0.25) is 0 Å². The highest BCUT2D eigenvalue weighted by molar-refractivity contribution is 7.98. The van der Waals surface area contributed by atoms with E-state index in [4.69, 9.17) is 5.11 Å². The van der Waals surface area contributed by atoms with Crippen LogP contribution in [0.1, 0.15) is 38.2 Å². The fourth-order valence-corrected chi connectivity index (χ4v) is 3.89. The van der Waals surface area contributed by atoms with Gasteiger partial charge in [-0.05, 0) is 37.2 Å². The summed E-state index contributed by atoms with van der Waals surface area (Å²) in [4.78, 5) is 12.2. The maximum Gasteiger partial charge on any atom is 0.223 e. The van der Waals surface area contributed by atoms with Gasteiger partial charge in [0.15, 0.2) is 0 Å². The van der Waals surface area contributed by atoms with Crippen LogP contribution in [0.4, 0.5) is 0 Å². The van der Waals surface area contributed by atoms with E-state index in [0.717, 1.165) is 37.2 Å². The topological polar surface area (TPSA) is 49.3 Å². The number of aliphatic hydroxyl groups is 1. The zero-order chi connectivity index (χ0) is 15.8. The third-order valence-corrected chi connectivity index (χ3v) is 5.65. The summed E-state index contributed by atoms with van der Waals surface area (Å²) >= 11 is 1.81. The molecule has 1 fully saturated rings. The quantitative estimate of drug-likeness (QED) is 0.810. The van der Waals surface area contributed by atoms with E-state index < -0.39 is 0 Å². The Balaban J connectivity index is 1.64. The normalized spacial score (nSPS) is 23.0. The smallest absolute Gasteiger partial charge is 0.223 e. The second-order valence-corrected chi connectivity index (χ2v) is 7.34. The van der Waals surface area contributed by atoms with E-state index in [0.29, 0.717) is 12.0 Å². The fourth-order valence-electron chi connectivity index (χ4n) is 2.84. The number of carbonyl (C=O) groups excluding carboxylic acids is 1. The minimum Gasteiger partial charge on any atom is -0.396 e. The molecule has 2 N–H and O–H groups in total. The Morgan fingerprint density at radius 3 is 2.59 bits per heavy atom. The molecule has 3 nitrogen and oxygen atoms in total. The number of rotatable bonds is 7. The number of amides is 1. The van der Waals surface area contributed by atoms with Crippen LogP contribution in [-0.4, -0.2) is 29.4 Å². The first kappa shape index (κ1) is 17.4. The van der Waals surface area contributed by atoms with Gasteiger partial charge < -0.3 is 10.4 Å². The molecule has 22 heavy (non-hydrogen) atoms. The molecule has 1 aliphatic carbocycles. The summed E-state index contributed by atoms with van der Waals surface area (Å²) in [6, 6.07) is 10.7. The third-order valence-electron chi connectivity index (χ3n) is 4.38. The first-order valence-electron chi connectivity index (χ1n) is 8.22. The van der Waals surface area contributed by atoms with Crippen LogP contribution >= 0.6 is 11.8 Å². The molecule has 1 aromatic rings. The Hall–Kier alpha value is -1.00. The second-order valence-electron chi connectivity index (χ2n) is 6.31. The van der Waals surface area contributed by atoms with Crippen LogP contribution in [0.15, 0.2) is 30.3 Å². The largest absolute Gasteiger partial charge is 0.396 e. The maximum atomic E-state index is 12.2. The number of thioether (sulfide) groups is 1. The Kier molecular flexibility index (Phi) is 7.26. The molecule has 0 bridgehead atoms. The van der Waals surface area contributed by atoms with Crippen LogP contribution in [0, 0.1) is 11.8 Å². The molecule has 1 unspecified atom stereocenters. The van der Waals surface area contributed by atoms with Crippen molar-refractivity contribution >= 4 is 17.7 Å². The monoisotopic (exact) mass is 321 g/mol. The number of benzene rings is 1. The van der Waals surface area contributed by atoms with Crippen LogP contribution in [0.3, 0.4) is 0 Å². The molecule has 0 saturated heterocycles. The highest BCUT2D eigenvalue weighted by Crippen LogP contribution is 2.24. The molecule has 1 aliphatic rings.